The summed E-state index contributed by atoms with van der Waals surface area (Å²) in [5.74, 6) is 1.85. The number of nitrogens with one attached hydrogen (secondary N) is 1. The van der Waals surface area contributed by atoms with Crippen LogP contribution in [0.5, 0.6) is 11.5 Å². The van der Waals surface area contributed by atoms with Gasteiger partial charge in [-0.05, 0) is 37.1 Å². The maximum absolute atomic E-state index is 8.15. The van der Waals surface area contributed by atoms with Crippen LogP contribution < -0.4 is 10.1 Å². The van der Waals surface area contributed by atoms with E-state index in [-0.39, 0.29) is 13.2 Å². The Hall–Kier alpha value is -1.88. The first-order chi connectivity index (χ1) is 10.7. The zero-order chi connectivity index (χ0) is 16.2. The summed E-state index contributed by atoms with van der Waals surface area (Å²) in [6, 6.07) is 16.1. The van der Waals surface area contributed by atoms with Crippen LogP contribution in [-0.4, -0.2) is 36.5 Å². The number of aryl methyl sites for hydroxylation is 2. The van der Waals surface area contributed by atoms with Crippen LogP contribution in [-0.2, 0) is 0 Å². The highest BCUT2D eigenvalue weighted by atomic mass is 16.5. The molecule has 4 heteroatoms. The molecule has 22 heavy (non-hydrogen) atoms. The molecule has 0 aromatic heterocycles. The van der Waals surface area contributed by atoms with E-state index in [9.17, 15) is 0 Å². The molecule has 0 heterocycles. The lowest BCUT2D eigenvalue weighted by Crippen LogP contribution is -2.21. The van der Waals surface area contributed by atoms with E-state index in [1.54, 1.807) is 0 Å². The SMILES string of the molecule is Cc1ccccc1Oc1ccccc1C.OCCNCCO. The first kappa shape index (κ1) is 18.2. The third kappa shape index (κ3) is 6.72. The summed E-state index contributed by atoms with van der Waals surface area (Å²) < 4.78 is 5.84. The predicted octanol–water partition coefficient (Wildman–Crippen LogP) is 2.66. The molecule has 3 N–H and O–H groups in total. The number of ether oxygens (including phenoxy) is 1. The highest BCUT2D eigenvalue weighted by Crippen LogP contribution is 2.26. The smallest absolute Gasteiger partial charge is 0.130 e. The van der Waals surface area contributed by atoms with Gasteiger partial charge in [0, 0.05) is 13.1 Å². The minimum absolute atomic E-state index is 0.139. The molecular formula is C18H25NO3. The first-order valence-corrected chi connectivity index (χ1v) is 7.40. The Morgan fingerprint density at radius 3 is 1.55 bits per heavy atom. The second-order valence-corrected chi connectivity index (χ2v) is 4.83. The Morgan fingerprint density at radius 2 is 1.18 bits per heavy atom. The van der Waals surface area contributed by atoms with Crippen molar-refractivity contribution in [2.24, 2.45) is 0 Å². The summed E-state index contributed by atoms with van der Waals surface area (Å²) in [7, 11) is 0. The van der Waals surface area contributed by atoms with Gasteiger partial charge in [0.1, 0.15) is 11.5 Å². The van der Waals surface area contributed by atoms with E-state index in [1.807, 2.05) is 62.4 Å². The molecule has 0 amide bonds. The van der Waals surface area contributed by atoms with Gasteiger partial charge in [-0.2, -0.15) is 0 Å². The molecule has 0 fully saturated rings. The summed E-state index contributed by atoms with van der Waals surface area (Å²) in [5.41, 5.74) is 2.31. The fraction of sp³-hybridized carbons (Fsp3) is 0.333. The third-order valence-corrected chi connectivity index (χ3v) is 2.98. The highest BCUT2D eigenvalue weighted by molar-refractivity contribution is 5.40. The largest absolute Gasteiger partial charge is 0.457 e. The van der Waals surface area contributed by atoms with Gasteiger partial charge in [-0.15, -0.1) is 0 Å². The Morgan fingerprint density at radius 1 is 0.773 bits per heavy atom. The van der Waals surface area contributed by atoms with Gasteiger partial charge in [0.15, 0.2) is 0 Å². The van der Waals surface area contributed by atoms with Crippen LogP contribution in [0.4, 0.5) is 0 Å². The Kier molecular flexibility index (Phi) is 8.91. The van der Waals surface area contributed by atoms with Crippen molar-refractivity contribution < 1.29 is 14.9 Å². The molecule has 2 rings (SSSR count). The quantitative estimate of drug-likeness (QED) is 0.718. The molecular weight excluding hydrogens is 278 g/mol. The summed E-state index contributed by atoms with van der Waals surface area (Å²) in [6.07, 6.45) is 0. The molecule has 0 radical (unpaired) electrons. The second kappa shape index (κ2) is 10.8. The molecule has 0 unspecified atom stereocenters. The minimum atomic E-state index is 0.139. The second-order valence-electron chi connectivity index (χ2n) is 4.83. The van der Waals surface area contributed by atoms with E-state index < -0.39 is 0 Å². The average molecular weight is 303 g/mol. The molecule has 0 aliphatic carbocycles. The molecule has 2 aromatic rings. The van der Waals surface area contributed by atoms with Crippen LogP contribution in [0.1, 0.15) is 11.1 Å². The molecule has 0 aliphatic heterocycles. The highest BCUT2D eigenvalue weighted by Gasteiger charge is 2.01. The zero-order valence-corrected chi connectivity index (χ0v) is 13.2. The number of benzene rings is 2. The number of aliphatic hydroxyl groups is 2. The van der Waals surface area contributed by atoms with Crippen molar-refractivity contribution in [3.8, 4) is 11.5 Å². The first-order valence-electron chi connectivity index (χ1n) is 7.40. The van der Waals surface area contributed by atoms with Gasteiger partial charge in [0.2, 0.25) is 0 Å². The van der Waals surface area contributed by atoms with Crippen molar-refractivity contribution >= 4 is 0 Å². The van der Waals surface area contributed by atoms with Crippen molar-refractivity contribution in [3.63, 3.8) is 0 Å². The predicted molar refractivity (Wildman–Crippen MR) is 89.5 cm³/mol. The van der Waals surface area contributed by atoms with E-state index in [1.165, 1.54) is 0 Å². The van der Waals surface area contributed by atoms with Crippen LogP contribution in [0.2, 0.25) is 0 Å². The fourth-order valence-electron chi connectivity index (χ4n) is 1.74. The lowest BCUT2D eigenvalue weighted by molar-refractivity contribution is 0.266. The van der Waals surface area contributed by atoms with Gasteiger partial charge in [-0.1, -0.05) is 36.4 Å². The lowest BCUT2D eigenvalue weighted by atomic mass is 10.2. The summed E-state index contributed by atoms with van der Waals surface area (Å²) >= 11 is 0. The fourth-order valence-corrected chi connectivity index (χ4v) is 1.74. The molecule has 0 bridgehead atoms. The standard InChI is InChI=1S/C14H14O.C4H11NO2/c1-11-7-3-5-9-13(11)15-14-10-6-4-8-12(14)2;6-3-1-5-2-4-7/h3-10H,1-2H3;5-7H,1-4H2. The van der Waals surface area contributed by atoms with Crippen LogP contribution in [0.15, 0.2) is 48.5 Å². The van der Waals surface area contributed by atoms with Gasteiger partial charge in [-0.25, -0.2) is 0 Å². The zero-order valence-electron chi connectivity index (χ0n) is 13.2. The van der Waals surface area contributed by atoms with Gasteiger partial charge in [0.05, 0.1) is 13.2 Å². The third-order valence-electron chi connectivity index (χ3n) is 2.98. The lowest BCUT2D eigenvalue weighted by Gasteiger charge is -2.10. The molecule has 0 saturated carbocycles. The van der Waals surface area contributed by atoms with E-state index in [4.69, 9.17) is 14.9 Å². The van der Waals surface area contributed by atoms with Gasteiger partial charge < -0.3 is 20.3 Å². The number of para-hydroxylation sites is 2. The van der Waals surface area contributed by atoms with Crippen LogP contribution in [0.25, 0.3) is 0 Å². The maximum atomic E-state index is 8.15. The average Bonchev–Trinajstić information content (AvgIpc) is 2.53. The molecule has 0 aliphatic rings. The number of aliphatic hydroxyl groups excluding tert-OH is 2. The van der Waals surface area contributed by atoms with Crippen LogP contribution >= 0.6 is 0 Å². The molecule has 0 spiro atoms. The van der Waals surface area contributed by atoms with Crippen LogP contribution in [0.3, 0.4) is 0 Å². The maximum Gasteiger partial charge on any atom is 0.130 e. The Labute approximate surface area is 132 Å². The molecule has 4 nitrogen and oxygen atoms in total. The number of hydrogen-bond acceptors (Lipinski definition) is 4. The van der Waals surface area contributed by atoms with Crippen molar-refractivity contribution in [3.05, 3.63) is 59.7 Å². The number of hydrogen-bond donors (Lipinski definition) is 3. The van der Waals surface area contributed by atoms with Gasteiger partial charge in [-0.3, -0.25) is 0 Å². The molecule has 120 valence electrons. The topological polar surface area (TPSA) is 61.7 Å². The van der Waals surface area contributed by atoms with Gasteiger partial charge in [0.25, 0.3) is 0 Å². The van der Waals surface area contributed by atoms with E-state index >= 15 is 0 Å². The normalized spacial score (nSPS) is 9.82. The van der Waals surface area contributed by atoms with E-state index in [0.29, 0.717) is 13.1 Å². The Balaban J connectivity index is 0.000000295. The summed E-state index contributed by atoms with van der Waals surface area (Å²) in [4.78, 5) is 0. The number of rotatable bonds is 6. The van der Waals surface area contributed by atoms with Crippen molar-refractivity contribution in [2.45, 2.75) is 13.8 Å². The van der Waals surface area contributed by atoms with E-state index in [2.05, 4.69) is 5.32 Å². The summed E-state index contributed by atoms with van der Waals surface area (Å²) in [5, 5.41) is 19.1. The Bertz CT molecular complexity index is 496. The summed E-state index contributed by atoms with van der Waals surface area (Å²) in [6.45, 7) is 5.52. The van der Waals surface area contributed by atoms with Crippen molar-refractivity contribution in [2.75, 3.05) is 26.3 Å². The molecule has 0 saturated heterocycles. The van der Waals surface area contributed by atoms with Gasteiger partial charge >= 0.3 is 0 Å². The van der Waals surface area contributed by atoms with E-state index in [0.717, 1.165) is 22.6 Å². The van der Waals surface area contributed by atoms with Crippen molar-refractivity contribution in [1.82, 2.24) is 5.32 Å². The monoisotopic (exact) mass is 303 g/mol. The van der Waals surface area contributed by atoms with Crippen LogP contribution in [0, 0.1) is 13.8 Å². The molecule has 2 aromatic carbocycles. The minimum Gasteiger partial charge on any atom is -0.457 e. The van der Waals surface area contributed by atoms with Crippen molar-refractivity contribution in [1.29, 1.82) is 0 Å². The molecule has 0 atom stereocenters.